The van der Waals surface area contributed by atoms with E-state index in [1.165, 1.54) is 17.4 Å². The van der Waals surface area contributed by atoms with Crippen LogP contribution in [0.5, 0.6) is 0 Å². The predicted molar refractivity (Wildman–Crippen MR) is 78.8 cm³/mol. The number of likely N-dealkylation sites (tertiary alicyclic amines) is 1. The van der Waals surface area contributed by atoms with Crippen molar-refractivity contribution in [3.8, 4) is 0 Å². The maximum atomic E-state index is 6.00. The Labute approximate surface area is 114 Å². The number of para-hydroxylation sites is 1. The fourth-order valence-corrected chi connectivity index (χ4v) is 2.97. The van der Waals surface area contributed by atoms with Crippen molar-refractivity contribution in [3.05, 3.63) is 42.1 Å². The third-order valence-corrected chi connectivity index (χ3v) is 4.16. The lowest BCUT2D eigenvalue weighted by Gasteiger charge is -2.18. The van der Waals surface area contributed by atoms with Crippen molar-refractivity contribution in [1.29, 1.82) is 0 Å². The molecule has 2 unspecified atom stereocenters. The summed E-state index contributed by atoms with van der Waals surface area (Å²) in [6.45, 7) is 5.36. The van der Waals surface area contributed by atoms with Crippen molar-refractivity contribution in [1.82, 2.24) is 9.88 Å². The van der Waals surface area contributed by atoms with Crippen LogP contribution in [0.1, 0.15) is 18.9 Å². The van der Waals surface area contributed by atoms with Crippen LogP contribution in [0, 0.1) is 5.92 Å². The number of pyridine rings is 1. The molecule has 2 N–H and O–H groups in total. The summed E-state index contributed by atoms with van der Waals surface area (Å²) in [5.74, 6) is 0.642. The molecule has 2 aromatic rings. The number of nitrogens with zero attached hydrogens (tertiary/aromatic N) is 2. The van der Waals surface area contributed by atoms with E-state index in [0.29, 0.717) is 12.0 Å². The molecule has 2 atom stereocenters. The molecule has 2 heterocycles. The first kappa shape index (κ1) is 12.6. The third-order valence-electron chi connectivity index (χ3n) is 4.16. The Morgan fingerprint density at radius 3 is 3.00 bits per heavy atom. The average Bonchev–Trinajstić information content (AvgIpc) is 2.88. The number of fused-ring (bicyclic) bond motifs is 1. The van der Waals surface area contributed by atoms with Gasteiger partial charge in [0.1, 0.15) is 0 Å². The van der Waals surface area contributed by atoms with E-state index in [1.54, 1.807) is 0 Å². The second-order valence-electron chi connectivity index (χ2n) is 5.64. The molecular weight excluding hydrogens is 234 g/mol. The van der Waals surface area contributed by atoms with Crippen LogP contribution >= 0.6 is 0 Å². The van der Waals surface area contributed by atoms with E-state index < -0.39 is 0 Å². The summed E-state index contributed by atoms with van der Waals surface area (Å²) in [7, 11) is 0. The molecule has 1 saturated heterocycles. The third kappa shape index (κ3) is 2.62. The summed E-state index contributed by atoms with van der Waals surface area (Å²) in [6.07, 6.45) is 3.09. The molecule has 1 aromatic carbocycles. The van der Waals surface area contributed by atoms with Crippen LogP contribution in [0.4, 0.5) is 0 Å². The summed E-state index contributed by atoms with van der Waals surface area (Å²) in [5.41, 5.74) is 8.46. The van der Waals surface area contributed by atoms with Crippen LogP contribution in [0.15, 0.2) is 36.5 Å². The summed E-state index contributed by atoms with van der Waals surface area (Å²) in [5, 5.41) is 1.22. The normalized spacial score (nSPS) is 21.9. The Morgan fingerprint density at radius 1 is 1.37 bits per heavy atom. The number of aromatic nitrogens is 1. The minimum atomic E-state index is 0.302. The average molecular weight is 255 g/mol. The summed E-state index contributed by atoms with van der Waals surface area (Å²) < 4.78 is 0. The molecular formula is C16H21N3. The van der Waals surface area contributed by atoms with Crippen LogP contribution in [-0.4, -0.2) is 29.0 Å². The van der Waals surface area contributed by atoms with Gasteiger partial charge in [-0.15, -0.1) is 0 Å². The van der Waals surface area contributed by atoms with Crippen LogP contribution in [0.25, 0.3) is 10.9 Å². The monoisotopic (exact) mass is 255 g/mol. The van der Waals surface area contributed by atoms with E-state index in [4.69, 9.17) is 5.73 Å². The molecule has 1 aliphatic heterocycles. The first-order chi connectivity index (χ1) is 9.24. The second kappa shape index (κ2) is 5.27. The highest BCUT2D eigenvalue weighted by molar-refractivity contribution is 5.81. The van der Waals surface area contributed by atoms with Crippen molar-refractivity contribution in [3.63, 3.8) is 0 Å². The smallest absolute Gasteiger partial charge is 0.0746 e. The Hall–Kier alpha value is -1.45. The van der Waals surface area contributed by atoms with Crippen molar-refractivity contribution in [2.75, 3.05) is 13.1 Å². The molecule has 3 heteroatoms. The predicted octanol–water partition coefficient (Wildman–Crippen LogP) is 2.40. The first-order valence-corrected chi connectivity index (χ1v) is 7.04. The molecule has 100 valence electrons. The van der Waals surface area contributed by atoms with Crippen molar-refractivity contribution in [2.24, 2.45) is 11.7 Å². The van der Waals surface area contributed by atoms with E-state index >= 15 is 0 Å². The lowest BCUT2D eigenvalue weighted by Crippen LogP contribution is -2.29. The molecule has 3 nitrogen and oxygen atoms in total. The van der Waals surface area contributed by atoms with Gasteiger partial charge in [0.25, 0.3) is 0 Å². The maximum Gasteiger partial charge on any atom is 0.0746 e. The van der Waals surface area contributed by atoms with Gasteiger partial charge in [-0.25, -0.2) is 0 Å². The fourth-order valence-electron chi connectivity index (χ4n) is 2.97. The van der Waals surface area contributed by atoms with E-state index in [-0.39, 0.29) is 0 Å². The quantitative estimate of drug-likeness (QED) is 0.915. The van der Waals surface area contributed by atoms with Gasteiger partial charge < -0.3 is 5.73 Å². The largest absolute Gasteiger partial charge is 0.328 e. The van der Waals surface area contributed by atoms with Crippen molar-refractivity contribution in [2.45, 2.75) is 25.9 Å². The van der Waals surface area contributed by atoms with Gasteiger partial charge in [0.15, 0.2) is 0 Å². The van der Waals surface area contributed by atoms with Crippen LogP contribution in [0.3, 0.4) is 0 Å². The summed E-state index contributed by atoms with van der Waals surface area (Å²) in [6, 6.07) is 10.9. The molecule has 0 aliphatic carbocycles. The van der Waals surface area contributed by atoms with E-state index in [1.807, 2.05) is 12.3 Å². The maximum absolute atomic E-state index is 6.00. The number of nitrogens with two attached hydrogens (primary N) is 1. The molecule has 1 aliphatic rings. The number of rotatable bonds is 3. The van der Waals surface area contributed by atoms with Gasteiger partial charge in [-0.2, -0.15) is 0 Å². The van der Waals surface area contributed by atoms with Crippen molar-refractivity contribution < 1.29 is 0 Å². The van der Waals surface area contributed by atoms with Gasteiger partial charge in [-0.3, -0.25) is 9.88 Å². The summed E-state index contributed by atoms with van der Waals surface area (Å²) >= 11 is 0. The first-order valence-electron chi connectivity index (χ1n) is 7.04. The Morgan fingerprint density at radius 2 is 2.21 bits per heavy atom. The zero-order chi connectivity index (χ0) is 13.2. The van der Waals surface area contributed by atoms with Gasteiger partial charge in [0, 0.05) is 30.7 Å². The van der Waals surface area contributed by atoms with E-state index in [2.05, 4.69) is 41.1 Å². The molecule has 19 heavy (non-hydrogen) atoms. The van der Waals surface area contributed by atoms with Crippen molar-refractivity contribution >= 4 is 10.9 Å². The summed E-state index contributed by atoms with van der Waals surface area (Å²) in [4.78, 5) is 7.02. The lowest BCUT2D eigenvalue weighted by molar-refractivity contribution is 0.309. The minimum Gasteiger partial charge on any atom is -0.328 e. The van der Waals surface area contributed by atoms with Gasteiger partial charge in [-0.1, -0.05) is 24.3 Å². The van der Waals surface area contributed by atoms with Gasteiger partial charge in [0.2, 0.25) is 0 Å². The molecule has 0 saturated carbocycles. The molecule has 0 bridgehead atoms. The fraction of sp³-hybridized carbons (Fsp3) is 0.438. The van der Waals surface area contributed by atoms with E-state index in [0.717, 1.165) is 25.2 Å². The van der Waals surface area contributed by atoms with E-state index in [9.17, 15) is 0 Å². The second-order valence-corrected chi connectivity index (χ2v) is 5.64. The topological polar surface area (TPSA) is 42.1 Å². The van der Waals surface area contributed by atoms with Gasteiger partial charge in [0.05, 0.1) is 5.52 Å². The SMILES string of the molecule is CC(N)C1CCN(Cc2cccc3cccnc23)C1. The molecule has 3 rings (SSSR count). The zero-order valence-electron chi connectivity index (χ0n) is 11.4. The Kier molecular flexibility index (Phi) is 3.49. The highest BCUT2D eigenvalue weighted by Gasteiger charge is 2.25. The molecule has 0 spiro atoms. The zero-order valence-corrected chi connectivity index (χ0v) is 11.4. The molecule has 0 radical (unpaired) electrons. The molecule has 0 amide bonds. The number of benzene rings is 1. The Balaban J connectivity index is 1.79. The van der Waals surface area contributed by atoms with Gasteiger partial charge in [-0.05, 0) is 37.4 Å². The van der Waals surface area contributed by atoms with Crippen LogP contribution < -0.4 is 5.73 Å². The Bertz CT molecular complexity index is 559. The minimum absolute atomic E-state index is 0.302. The highest BCUT2D eigenvalue weighted by Crippen LogP contribution is 2.23. The van der Waals surface area contributed by atoms with Crippen LogP contribution in [0.2, 0.25) is 0 Å². The van der Waals surface area contributed by atoms with Gasteiger partial charge >= 0.3 is 0 Å². The molecule has 1 fully saturated rings. The molecule has 1 aromatic heterocycles. The van der Waals surface area contributed by atoms with Crippen LogP contribution in [-0.2, 0) is 6.54 Å². The lowest BCUT2D eigenvalue weighted by atomic mass is 10.0. The number of hydrogen-bond acceptors (Lipinski definition) is 3. The standard InChI is InChI=1S/C16H21N3/c1-12(17)14-7-9-19(10-14)11-15-5-2-4-13-6-3-8-18-16(13)15/h2-6,8,12,14H,7,9-11,17H2,1H3. The highest BCUT2D eigenvalue weighted by atomic mass is 15.1. The number of hydrogen-bond donors (Lipinski definition) is 1.